The number of carbonyl (C=O) groups excluding carboxylic acids is 1. The van der Waals surface area contributed by atoms with Crippen LogP contribution in [0.5, 0.6) is 23.0 Å². The Labute approximate surface area is 147 Å². The zero-order chi connectivity index (χ0) is 18.4. The van der Waals surface area contributed by atoms with Gasteiger partial charge in [-0.05, 0) is 38.1 Å². The van der Waals surface area contributed by atoms with E-state index in [9.17, 15) is 4.79 Å². The van der Waals surface area contributed by atoms with Gasteiger partial charge in [-0.2, -0.15) is 0 Å². The summed E-state index contributed by atoms with van der Waals surface area (Å²) >= 11 is 0. The largest absolute Gasteiger partial charge is 0.496 e. The second-order valence-electron chi connectivity index (χ2n) is 5.55. The molecular formula is C19H23NO5. The van der Waals surface area contributed by atoms with Crippen molar-refractivity contribution < 1.29 is 23.7 Å². The van der Waals surface area contributed by atoms with E-state index in [0.29, 0.717) is 28.5 Å². The molecule has 6 heteroatoms. The highest BCUT2D eigenvalue weighted by molar-refractivity contribution is 6.08. The van der Waals surface area contributed by atoms with Gasteiger partial charge in [0.05, 0.1) is 27.4 Å². The van der Waals surface area contributed by atoms with Crippen LogP contribution >= 0.6 is 0 Å². The second kappa shape index (κ2) is 8.28. The number of benzene rings is 2. The van der Waals surface area contributed by atoms with Gasteiger partial charge in [0.15, 0.2) is 0 Å². The monoisotopic (exact) mass is 345 g/mol. The van der Waals surface area contributed by atoms with Crippen LogP contribution in [-0.4, -0.2) is 33.3 Å². The molecule has 0 saturated carbocycles. The summed E-state index contributed by atoms with van der Waals surface area (Å²) in [6.45, 7) is 3.91. The highest BCUT2D eigenvalue weighted by atomic mass is 16.5. The molecule has 0 bridgehead atoms. The van der Waals surface area contributed by atoms with Crippen LogP contribution in [0, 0.1) is 0 Å². The molecule has 0 aliphatic heterocycles. The summed E-state index contributed by atoms with van der Waals surface area (Å²) in [5, 5.41) is 2.83. The molecule has 0 unspecified atom stereocenters. The highest BCUT2D eigenvalue weighted by Gasteiger charge is 2.20. The molecule has 0 saturated heterocycles. The van der Waals surface area contributed by atoms with Gasteiger partial charge in [0, 0.05) is 17.8 Å². The van der Waals surface area contributed by atoms with Crippen LogP contribution in [0.25, 0.3) is 0 Å². The maximum Gasteiger partial charge on any atom is 0.263 e. The second-order valence-corrected chi connectivity index (χ2v) is 5.55. The number of methoxy groups -OCH3 is 3. The number of rotatable bonds is 7. The molecule has 0 spiro atoms. The van der Waals surface area contributed by atoms with E-state index in [0.717, 1.165) is 5.75 Å². The van der Waals surface area contributed by atoms with Gasteiger partial charge >= 0.3 is 0 Å². The third-order valence-electron chi connectivity index (χ3n) is 3.43. The van der Waals surface area contributed by atoms with Crippen molar-refractivity contribution in [2.45, 2.75) is 20.0 Å². The third kappa shape index (κ3) is 4.56. The molecule has 0 radical (unpaired) electrons. The Morgan fingerprint density at radius 1 is 0.880 bits per heavy atom. The Hall–Kier alpha value is -2.89. The van der Waals surface area contributed by atoms with Crippen molar-refractivity contribution in [1.29, 1.82) is 0 Å². The fraction of sp³-hybridized carbons (Fsp3) is 0.316. The molecule has 1 amide bonds. The van der Waals surface area contributed by atoms with Crippen LogP contribution in [0.1, 0.15) is 24.2 Å². The quantitative estimate of drug-likeness (QED) is 0.828. The first-order valence-corrected chi connectivity index (χ1v) is 7.86. The van der Waals surface area contributed by atoms with Crippen LogP contribution in [0.4, 0.5) is 5.69 Å². The lowest BCUT2D eigenvalue weighted by Crippen LogP contribution is -2.15. The zero-order valence-corrected chi connectivity index (χ0v) is 15.1. The highest BCUT2D eigenvalue weighted by Crippen LogP contribution is 2.34. The zero-order valence-electron chi connectivity index (χ0n) is 15.1. The minimum absolute atomic E-state index is 0.0910. The number of nitrogens with one attached hydrogen (secondary N) is 1. The molecule has 0 fully saturated rings. The van der Waals surface area contributed by atoms with E-state index in [4.69, 9.17) is 18.9 Å². The average molecular weight is 345 g/mol. The number of ether oxygens (including phenoxy) is 4. The summed E-state index contributed by atoms with van der Waals surface area (Å²) in [6.07, 6.45) is 0.0910. The van der Waals surface area contributed by atoms with E-state index in [2.05, 4.69) is 5.32 Å². The number of hydrogen-bond acceptors (Lipinski definition) is 5. The van der Waals surface area contributed by atoms with Gasteiger partial charge in [0.2, 0.25) is 0 Å². The maximum absolute atomic E-state index is 12.7. The number of anilines is 1. The molecule has 2 aromatic carbocycles. The summed E-state index contributed by atoms with van der Waals surface area (Å²) in [5.74, 6) is 1.68. The molecule has 0 aliphatic rings. The summed E-state index contributed by atoms with van der Waals surface area (Å²) in [4.78, 5) is 12.7. The Balaban J connectivity index is 2.25. The predicted octanol–water partition coefficient (Wildman–Crippen LogP) is 3.75. The molecule has 0 aliphatic carbocycles. The SMILES string of the molecule is COc1cc(OC)c(C(=O)Nc2ccc(OC(C)C)cc2)c(OC)c1. The molecule has 2 rings (SSSR count). The van der Waals surface area contributed by atoms with Gasteiger partial charge in [-0.25, -0.2) is 0 Å². The van der Waals surface area contributed by atoms with Gasteiger partial charge < -0.3 is 24.3 Å². The number of amides is 1. The molecule has 6 nitrogen and oxygen atoms in total. The minimum atomic E-state index is -0.339. The molecule has 25 heavy (non-hydrogen) atoms. The van der Waals surface area contributed by atoms with Crippen LogP contribution in [0.2, 0.25) is 0 Å². The molecule has 0 heterocycles. The van der Waals surface area contributed by atoms with E-state index < -0.39 is 0 Å². The van der Waals surface area contributed by atoms with Crippen molar-refractivity contribution in [3.05, 3.63) is 42.0 Å². The molecule has 0 aromatic heterocycles. The van der Waals surface area contributed by atoms with E-state index in [1.165, 1.54) is 21.3 Å². The Kier molecular flexibility index (Phi) is 6.11. The minimum Gasteiger partial charge on any atom is -0.496 e. The summed E-state index contributed by atoms with van der Waals surface area (Å²) in [7, 11) is 4.51. The lowest BCUT2D eigenvalue weighted by Gasteiger charge is -2.15. The smallest absolute Gasteiger partial charge is 0.263 e. The van der Waals surface area contributed by atoms with Gasteiger partial charge in [0.25, 0.3) is 5.91 Å². The third-order valence-corrected chi connectivity index (χ3v) is 3.43. The summed E-state index contributed by atoms with van der Waals surface area (Å²) < 4.78 is 21.4. The lowest BCUT2D eigenvalue weighted by molar-refractivity contribution is 0.102. The fourth-order valence-electron chi connectivity index (χ4n) is 2.31. The normalized spacial score (nSPS) is 10.3. The molecular weight excluding hydrogens is 322 g/mol. The predicted molar refractivity (Wildman–Crippen MR) is 96.3 cm³/mol. The molecule has 2 aromatic rings. The van der Waals surface area contributed by atoms with Crippen LogP contribution < -0.4 is 24.3 Å². The van der Waals surface area contributed by atoms with Crippen molar-refractivity contribution in [3.8, 4) is 23.0 Å². The maximum atomic E-state index is 12.7. The fourth-order valence-corrected chi connectivity index (χ4v) is 2.31. The molecule has 1 N–H and O–H groups in total. The molecule has 134 valence electrons. The Morgan fingerprint density at radius 3 is 1.88 bits per heavy atom. The standard InChI is InChI=1S/C19H23NO5/c1-12(2)25-14-8-6-13(7-9-14)20-19(21)18-16(23-4)10-15(22-3)11-17(18)24-5/h6-12H,1-5H3,(H,20,21). The van der Waals surface area contributed by atoms with Crippen LogP contribution in [0.3, 0.4) is 0 Å². The number of carbonyl (C=O) groups is 1. The topological polar surface area (TPSA) is 66.0 Å². The van der Waals surface area contributed by atoms with E-state index in [1.807, 2.05) is 13.8 Å². The lowest BCUT2D eigenvalue weighted by atomic mass is 10.1. The summed E-state index contributed by atoms with van der Waals surface area (Å²) in [5.41, 5.74) is 0.939. The van der Waals surface area contributed by atoms with Crippen molar-refractivity contribution in [1.82, 2.24) is 0 Å². The van der Waals surface area contributed by atoms with Crippen LogP contribution in [-0.2, 0) is 0 Å². The van der Waals surface area contributed by atoms with Crippen molar-refractivity contribution in [2.24, 2.45) is 0 Å². The van der Waals surface area contributed by atoms with E-state index in [1.54, 1.807) is 36.4 Å². The first-order chi connectivity index (χ1) is 12.0. The number of hydrogen-bond donors (Lipinski definition) is 1. The summed E-state index contributed by atoms with van der Waals surface area (Å²) in [6, 6.07) is 10.4. The first kappa shape index (κ1) is 18.4. The van der Waals surface area contributed by atoms with Gasteiger partial charge in [-0.1, -0.05) is 0 Å². The van der Waals surface area contributed by atoms with Crippen molar-refractivity contribution >= 4 is 11.6 Å². The van der Waals surface area contributed by atoms with E-state index in [-0.39, 0.29) is 12.0 Å². The van der Waals surface area contributed by atoms with Gasteiger partial charge in [-0.3, -0.25) is 4.79 Å². The van der Waals surface area contributed by atoms with Crippen molar-refractivity contribution in [3.63, 3.8) is 0 Å². The van der Waals surface area contributed by atoms with Gasteiger partial charge in [0.1, 0.15) is 28.6 Å². The van der Waals surface area contributed by atoms with E-state index >= 15 is 0 Å². The van der Waals surface area contributed by atoms with Crippen molar-refractivity contribution in [2.75, 3.05) is 26.6 Å². The van der Waals surface area contributed by atoms with Crippen LogP contribution in [0.15, 0.2) is 36.4 Å². The first-order valence-electron chi connectivity index (χ1n) is 7.86. The average Bonchev–Trinajstić information content (AvgIpc) is 2.61. The Bertz CT molecular complexity index is 700. The molecule has 0 atom stereocenters. The van der Waals surface area contributed by atoms with Gasteiger partial charge in [-0.15, -0.1) is 0 Å². The Morgan fingerprint density at radius 2 is 1.44 bits per heavy atom.